The van der Waals surface area contributed by atoms with Gasteiger partial charge in [-0.3, -0.25) is 0 Å². The van der Waals surface area contributed by atoms with E-state index in [0.717, 1.165) is 0 Å². The number of ether oxygens (including phenoxy) is 5. The van der Waals surface area contributed by atoms with Crippen molar-refractivity contribution in [3.63, 3.8) is 0 Å². The van der Waals surface area contributed by atoms with Gasteiger partial charge >= 0.3 is 0 Å². The normalized spacial score (nSPS) is 24.5. The fraction of sp³-hybridized carbons (Fsp3) is 1.00. The van der Waals surface area contributed by atoms with E-state index >= 15 is 0 Å². The molecule has 1 aliphatic heterocycles. The molecule has 6 heteroatoms. The van der Waals surface area contributed by atoms with Gasteiger partial charge in [-0.15, -0.1) is 0 Å². The molecule has 102 valence electrons. The van der Waals surface area contributed by atoms with Crippen molar-refractivity contribution in [2.24, 2.45) is 0 Å². The Labute approximate surface area is 102 Å². The molecule has 0 saturated carbocycles. The van der Waals surface area contributed by atoms with Gasteiger partial charge in [0, 0.05) is 0 Å². The van der Waals surface area contributed by atoms with E-state index < -0.39 is 6.10 Å². The third-order valence-corrected chi connectivity index (χ3v) is 2.11. The predicted octanol–water partition coefficient (Wildman–Crippen LogP) is -0.556. The van der Waals surface area contributed by atoms with Crippen LogP contribution >= 0.6 is 0 Å². The van der Waals surface area contributed by atoms with Crippen LogP contribution in [0, 0.1) is 0 Å². The van der Waals surface area contributed by atoms with Gasteiger partial charge in [-0.25, -0.2) is 0 Å². The van der Waals surface area contributed by atoms with Crippen LogP contribution < -0.4 is 0 Å². The van der Waals surface area contributed by atoms with E-state index in [1.54, 1.807) is 0 Å². The summed E-state index contributed by atoms with van der Waals surface area (Å²) < 4.78 is 26.3. The summed E-state index contributed by atoms with van der Waals surface area (Å²) in [6.07, 6.45) is -0.591. The second-order valence-corrected chi connectivity index (χ2v) is 3.64. The summed E-state index contributed by atoms with van der Waals surface area (Å²) in [5, 5.41) is 9.47. The minimum Gasteiger partial charge on any atom is -0.388 e. The molecule has 0 aliphatic carbocycles. The molecule has 1 fully saturated rings. The Morgan fingerprint density at radius 1 is 0.529 bits per heavy atom. The second-order valence-electron chi connectivity index (χ2n) is 3.64. The molecule has 0 bridgehead atoms. The second kappa shape index (κ2) is 10.9. The zero-order chi connectivity index (χ0) is 12.2. The van der Waals surface area contributed by atoms with Crippen LogP contribution in [0.5, 0.6) is 0 Å². The topological polar surface area (TPSA) is 66.4 Å². The van der Waals surface area contributed by atoms with E-state index in [0.29, 0.717) is 52.9 Å². The van der Waals surface area contributed by atoms with Crippen molar-refractivity contribution in [1.29, 1.82) is 0 Å². The van der Waals surface area contributed by atoms with E-state index in [9.17, 15) is 5.11 Å². The van der Waals surface area contributed by atoms with Crippen molar-refractivity contribution in [3.05, 3.63) is 0 Å². The standard InChI is InChI=1S/C11H22O6/c12-11-9-16-7-5-14-3-1-13-2-4-15-6-8-17-10-11/h11-12H,1-10H2. The molecule has 0 amide bonds. The molecular weight excluding hydrogens is 228 g/mol. The number of rotatable bonds is 0. The summed E-state index contributed by atoms with van der Waals surface area (Å²) in [5.74, 6) is 0. The number of aliphatic hydroxyl groups excluding tert-OH is 1. The van der Waals surface area contributed by atoms with E-state index in [1.165, 1.54) is 0 Å². The summed E-state index contributed by atoms with van der Waals surface area (Å²) >= 11 is 0. The summed E-state index contributed by atoms with van der Waals surface area (Å²) in [4.78, 5) is 0. The molecule has 1 N–H and O–H groups in total. The molecule has 6 nitrogen and oxygen atoms in total. The number of hydrogen-bond acceptors (Lipinski definition) is 6. The lowest BCUT2D eigenvalue weighted by molar-refractivity contribution is -0.0552. The lowest BCUT2D eigenvalue weighted by Crippen LogP contribution is -2.24. The van der Waals surface area contributed by atoms with Crippen LogP contribution in [0.15, 0.2) is 0 Å². The average molecular weight is 250 g/mol. The minimum atomic E-state index is -0.591. The van der Waals surface area contributed by atoms with Crippen LogP contribution in [0.3, 0.4) is 0 Å². The maximum atomic E-state index is 9.47. The Hall–Kier alpha value is -0.240. The highest BCUT2D eigenvalue weighted by atomic mass is 16.6. The largest absolute Gasteiger partial charge is 0.388 e. The zero-order valence-corrected chi connectivity index (χ0v) is 10.1. The molecule has 0 aromatic carbocycles. The quantitative estimate of drug-likeness (QED) is 0.622. The van der Waals surface area contributed by atoms with Crippen LogP contribution in [-0.2, 0) is 23.7 Å². The average Bonchev–Trinajstić information content (AvgIpc) is 2.32. The van der Waals surface area contributed by atoms with E-state index in [-0.39, 0.29) is 13.2 Å². The van der Waals surface area contributed by atoms with Gasteiger partial charge in [0.05, 0.1) is 66.1 Å². The fourth-order valence-electron chi connectivity index (χ4n) is 1.26. The summed E-state index contributed by atoms with van der Waals surface area (Å²) in [7, 11) is 0. The van der Waals surface area contributed by atoms with Crippen LogP contribution in [0.4, 0.5) is 0 Å². The lowest BCUT2D eigenvalue weighted by atomic mass is 10.4. The first kappa shape index (κ1) is 14.8. The summed E-state index contributed by atoms with van der Waals surface area (Å²) in [6, 6.07) is 0. The van der Waals surface area contributed by atoms with Crippen molar-refractivity contribution < 1.29 is 28.8 Å². The SMILES string of the molecule is OC1COCCOCCOCCOCCOC1. The van der Waals surface area contributed by atoms with Crippen LogP contribution in [0.25, 0.3) is 0 Å². The highest BCUT2D eigenvalue weighted by Gasteiger charge is 2.04. The Balaban J connectivity index is 2.09. The Kier molecular flexibility index (Phi) is 9.49. The van der Waals surface area contributed by atoms with Crippen LogP contribution in [0.2, 0.25) is 0 Å². The lowest BCUT2D eigenvalue weighted by Gasteiger charge is -2.13. The first-order valence-corrected chi connectivity index (χ1v) is 5.96. The van der Waals surface area contributed by atoms with Crippen molar-refractivity contribution in [2.45, 2.75) is 6.10 Å². The number of hydrogen-bond donors (Lipinski definition) is 1. The van der Waals surface area contributed by atoms with Crippen LogP contribution in [0.1, 0.15) is 0 Å². The highest BCUT2D eigenvalue weighted by Crippen LogP contribution is 1.90. The molecule has 0 aromatic rings. The van der Waals surface area contributed by atoms with Crippen molar-refractivity contribution in [2.75, 3.05) is 66.1 Å². The molecule has 1 heterocycles. The van der Waals surface area contributed by atoms with Gasteiger partial charge in [-0.1, -0.05) is 0 Å². The third-order valence-electron chi connectivity index (χ3n) is 2.11. The minimum absolute atomic E-state index is 0.265. The molecular formula is C11H22O6. The molecule has 0 spiro atoms. The molecule has 0 unspecified atom stereocenters. The van der Waals surface area contributed by atoms with E-state index in [4.69, 9.17) is 23.7 Å². The maximum Gasteiger partial charge on any atom is 0.101 e. The van der Waals surface area contributed by atoms with Gasteiger partial charge in [0.15, 0.2) is 0 Å². The third kappa shape index (κ3) is 9.46. The van der Waals surface area contributed by atoms with Crippen molar-refractivity contribution in [1.82, 2.24) is 0 Å². The van der Waals surface area contributed by atoms with E-state index in [1.807, 2.05) is 0 Å². The summed E-state index contributed by atoms with van der Waals surface area (Å²) in [5.41, 5.74) is 0. The van der Waals surface area contributed by atoms with Gasteiger partial charge in [-0.05, 0) is 0 Å². The first-order valence-electron chi connectivity index (χ1n) is 5.96. The van der Waals surface area contributed by atoms with Gasteiger partial charge in [0.2, 0.25) is 0 Å². The van der Waals surface area contributed by atoms with Crippen molar-refractivity contribution >= 4 is 0 Å². The first-order chi connectivity index (χ1) is 8.39. The fourth-order valence-corrected chi connectivity index (χ4v) is 1.26. The molecule has 0 radical (unpaired) electrons. The molecule has 0 aromatic heterocycles. The van der Waals surface area contributed by atoms with Gasteiger partial charge in [-0.2, -0.15) is 0 Å². The predicted molar refractivity (Wildman–Crippen MR) is 60.1 cm³/mol. The van der Waals surface area contributed by atoms with Crippen LogP contribution in [-0.4, -0.2) is 77.3 Å². The number of aliphatic hydroxyl groups is 1. The van der Waals surface area contributed by atoms with Gasteiger partial charge in [0.1, 0.15) is 6.10 Å². The zero-order valence-electron chi connectivity index (χ0n) is 10.1. The molecule has 1 rings (SSSR count). The van der Waals surface area contributed by atoms with Crippen molar-refractivity contribution in [3.8, 4) is 0 Å². The molecule has 1 saturated heterocycles. The maximum absolute atomic E-state index is 9.47. The van der Waals surface area contributed by atoms with Gasteiger partial charge < -0.3 is 28.8 Å². The molecule has 1 aliphatic rings. The van der Waals surface area contributed by atoms with E-state index in [2.05, 4.69) is 0 Å². The Morgan fingerprint density at radius 3 is 1.18 bits per heavy atom. The summed E-state index contributed by atoms with van der Waals surface area (Å²) in [6.45, 7) is 4.71. The van der Waals surface area contributed by atoms with Gasteiger partial charge in [0.25, 0.3) is 0 Å². The highest BCUT2D eigenvalue weighted by molar-refractivity contribution is 4.51. The molecule has 0 atom stereocenters. The Bertz CT molecular complexity index is 150. The Morgan fingerprint density at radius 2 is 0.824 bits per heavy atom. The molecule has 17 heavy (non-hydrogen) atoms. The monoisotopic (exact) mass is 250 g/mol. The smallest absolute Gasteiger partial charge is 0.101 e.